The highest BCUT2D eigenvalue weighted by Crippen LogP contribution is 2.49. The standard InChI is InChI=1S/C33H45F2N7O5S2Si/c1-32(2,3)47-31(43)42-21-9-10-22(42)16-20(15-21)24-17-23(18-25-26(39-40(5)27(24)25)29-37-38-30(48-29)28(34)35)49(44,45)41(33(36-4)11-12-33)19-46-13-14-50(6,7)8/h17-18,20-22,28H,9-16,19H2,1-3,5-8H3. The summed E-state index contributed by atoms with van der Waals surface area (Å²) in [6.07, 6.45) is 0.397. The van der Waals surface area contributed by atoms with E-state index < -0.39 is 40.8 Å². The molecule has 3 aromatic rings. The topological polar surface area (TPSA) is 124 Å². The Labute approximate surface area is 297 Å². The summed E-state index contributed by atoms with van der Waals surface area (Å²) in [4.78, 5) is 18.8. The second-order valence-corrected chi connectivity index (χ2v) is 24.4. The fourth-order valence-electron chi connectivity index (χ4n) is 7.10. The minimum Gasteiger partial charge on any atom is -0.444 e. The third-order valence-electron chi connectivity index (χ3n) is 9.71. The highest BCUT2D eigenvalue weighted by Gasteiger charge is 2.61. The number of ether oxygens (including phenoxy) is 2. The van der Waals surface area contributed by atoms with Crippen LogP contribution in [0.25, 0.3) is 26.4 Å². The van der Waals surface area contributed by atoms with Gasteiger partial charge < -0.3 is 14.4 Å². The van der Waals surface area contributed by atoms with Crippen LogP contribution < -0.4 is 0 Å². The SMILES string of the molecule is [C-]#[N+]C1(N(COCC[Si](C)(C)C)S(=O)(=O)c2cc(C3CC4CCC(C3)N4C(=O)OC(C)(C)C)c3c(c2)c(-c2nnc(C(F)F)s2)nn3C)CC1. The summed E-state index contributed by atoms with van der Waals surface area (Å²) in [6.45, 7) is 20.2. The van der Waals surface area contributed by atoms with Gasteiger partial charge in [0.2, 0.25) is 0 Å². The molecule has 2 unspecified atom stereocenters. The number of hydrogen-bond acceptors (Lipinski definition) is 9. The molecule has 1 amide bonds. The normalized spacial score (nSPS) is 22.0. The number of carbonyl (C=O) groups excluding carboxylic acids is 1. The lowest BCUT2D eigenvalue weighted by Gasteiger charge is -2.40. The van der Waals surface area contributed by atoms with Crippen LogP contribution in [0, 0.1) is 6.57 Å². The summed E-state index contributed by atoms with van der Waals surface area (Å²) in [6, 6.07) is 3.84. The molecule has 272 valence electrons. The van der Waals surface area contributed by atoms with E-state index in [9.17, 15) is 22.0 Å². The van der Waals surface area contributed by atoms with E-state index in [2.05, 4.69) is 39.8 Å². The Morgan fingerprint density at radius 2 is 1.84 bits per heavy atom. The molecule has 3 aliphatic rings. The summed E-state index contributed by atoms with van der Waals surface area (Å²) in [5.74, 6) is -0.143. The maximum Gasteiger partial charge on any atom is 0.410 e. The van der Waals surface area contributed by atoms with Gasteiger partial charge in [0, 0.05) is 39.2 Å². The Morgan fingerprint density at radius 1 is 1.18 bits per heavy atom. The minimum atomic E-state index is -4.30. The van der Waals surface area contributed by atoms with Gasteiger partial charge in [-0.05, 0) is 76.1 Å². The fourth-order valence-corrected chi connectivity index (χ4v) is 10.2. The van der Waals surface area contributed by atoms with E-state index in [0.717, 1.165) is 24.4 Å². The largest absolute Gasteiger partial charge is 0.444 e. The van der Waals surface area contributed by atoms with Crippen LogP contribution in [-0.4, -0.2) is 88.5 Å². The second-order valence-electron chi connectivity index (χ2n) is 15.9. The van der Waals surface area contributed by atoms with E-state index in [0.29, 0.717) is 54.5 Å². The number of aromatic nitrogens is 4. The number of aryl methyl sites for hydroxylation is 1. The van der Waals surface area contributed by atoms with Crippen LogP contribution in [-0.2, 0) is 26.5 Å². The molecule has 6 rings (SSSR count). The number of carbonyl (C=O) groups is 1. The van der Waals surface area contributed by atoms with Crippen LogP contribution in [0.2, 0.25) is 25.7 Å². The van der Waals surface area contributed by atoms with Crippen molar-refractivity contribution >= 4 is 46.4 Å². The quantitative estimate of drug-likeness (QED) is 0.0861. The molecule has 4 heterocycles. The van der Waals surface area contributed by atoms with E-state index in [1.54, 1.807) is 17.8 Å². The van der Waals surface area contributed by atoms with Gasteiger partial charge >= 0.3 is 11.8 Å². The predicted octanol–water partition coefficient (Wildman–Crippen LogP) is 7.39. The van der Waals surface area contributed by atoms with E-state index in [1.807, 2.05) is 25.7 Å². The van der Waals surface area contributed by atoms with Crippen LogP contribution >= 0.6 is 11.3 Å². The number of fused-ring (bicyclic) bond motifs is 3. The van der Waals surface area contributed by atoms with Crippen molar-refractivity contribution in [1.29, 1.82) is 0 Å². The van der Waals surface area contributed by atoms with Crippen molar-refractivity contribution in [3.63, 3.8) is 0 Å². The molecule has 17 heteroatoms. The lowest BCUT2D eigenvalue weighted by molar-refractivity contribution is 0.00586. The molecule has 2 saturated heterocycles. The summed E-state index contributed by atoms with van der Waals surface area (Å²) < 4.78 is 71.1. The van der Waals surface area contributed by atoms with Gasteiger partial charge in [-0.1, -0.05) is 35.3 Å². The monoisotopic (exact) mass is 749 g/mol. The summed E-state index contributed by atoms with van der Waals surface area (Å²) in [7, 11) is -4.02. The van der Waals surface area contributed by atoms with E-state index in [1.165, 1.54) is 10.4 Å². The van der Waals surface area contributed by atoms with Crippen molar-refractivity contribution in [3.05, 3.63) is 34.1 Å². The molecular weight excluding hydrogens is 705 g/mol. The number of rotatable bonds is 11. The van der Waals surface area contributed by atoms with Crippen molar-refractivity contribution < 1.29 is 31.5 Å². The lowest BCUT2D eigenvalue weighted by atomic mass is 9.84. The molecule has 3 fully saturated rings. The van der Waals surface area contributed by atoms with Gasteiger partial charge in [0.15, 0.2) is 10.0 Å². The maximum atomic E-state index is 14.7. The van der Waals surface area contributed by atoms with Crippen LogP contribution in [0.3, 0.4) is 0 Å². The molecule has 2 aromatic heterocycles. The Hall–Kier alpha value is -3.04. The molecular formula is C33H45F2N7O5S2Si. The van der Waals surface area contributed by atoms with Gasteiger partial charge in [-0.25, -0.2) is 28.6 Å². The first kappa shape index (κ1) is 36.7. The summed E-state index contributed by atoms with van der Waals surface area (Å²) in [5, 5.41) is 12.5. The zero-order valence-corrected chi connectivity index (χ0v) is 32.2. The molecule has 2 bridgehead atoms. The van der Waals surface area contributed by atoms with Crippen LogP contribution in [0.15, 0.2) is 17.0 Å². The molecule has 1 saturated carbocycles. The minimum absolute atomic E-state index is 0.0292. The van der Waals surface area contributed by atoms with Gasteiger partial charge in [0.25, 0.3) is 16.4 Å². The highest BCUT2D eigenvalue weighted by atomic mass is 32.2. The number of hydrogen-bond donors (Lipinski definition) is 0. The molecule has 12 nitrogen and oxygen atoms in total. The lowest BCUT2D eigenvalue weighted by Crippen LogP contribution is -2.48. The maximum absolute atomic E-state index is 14.7. The highest BCUT2D eigenvalue weighted by molar-refractivity contribution is 7.89. The fraction of sp³-hybridized carbons (Fsp3) is 0.667. The van der Waals surface area contributed by atoms with Crippen LogP contribution in [0.4, 0.5) is 13.6 Å². The number of amides is 1. The van der Waals surface area contributed by atoms with Gasteiger partial charge in [0.05, 0.1) is 23.3 Å². The number of benzene rings is 1. The van der Waals surface area contributed by atoms with Crippen LogP contribution in [0.5, 0.6) is 0 Å². The number of alkyl halides is 2. The first-order valence-electron chi connectivity index (χ1n) is 17.0. The number of sulfonamides is 1. The zero-order valence-electron chi connectivity index (χ0n) is 29.6. The predicted molar refractivity (Wildman–Crippen MR) is 188 cm³/mol. The molecule has 50 heavy (non-hydrogen) atoms. The Bertz CT molecular complexity index is 1910. The third-order valence-corrected chi connectivity index (χ3v) is 14.2. The number of halogens is 2. The van der Waals surface area contributed by atoms with Crippen molar-refractivity contribution in [2.45, 2.75) is 126 Å². The van der Waals surface area contributed by atoms with Gasteiger partial charge in [-0.3, -0.25) is 9.53 Å². The molecule has 0 spiro atoms. The van der Waals surface area contributed by atoms with Gasteiger partial charge in [0.1, 0.15) is 18.0 Å². The molecule has 2 aliphatic heterocycles. The molecule has 1 aromatic carbocycles. The Kier molecular flexibility index (Phi) is 9.68. The average molecular weight is 750 g/mol. The number of piperidine rings is 1. The van der Waals surface area contributed by atoms with E-state index in [-0.39, 0.29) is 46.4 Å². The second kappa shape index (κ2) is 13.2. The molecule has 2 atom stereocenters. The van der Waals surface area contributed by atoms with Crippen molar-refractivity contribution in [1.82, 2.24) is 29.2 Å². The van der Waals surface area contributed by atoms with Gasteiger partial charge in [-0.2, -0.15) is 5.10 Å². The first-order valence-corrected chi connectivity index (χ1v) is 22.9. The van der Waals surface area contributed by atoms with E-state index >= 15 is 0 Å². The summed E-state index contributed by atoms with van der Waals surface area (Å²) in [5.41, 5.74) is -0.227. The first-order chi connectivity index (χ1) is 23.3. The smallest absolute Gasteiger partial charge is 0.410 e. The van der Waals surface area contributed by atoms with Crippen molar-refractivity contribution in [2.24, 2.45) is 7.05 Å². The Balaban J connectivity index is 1.44. The zero-order chi connectivity index (χ0) is 36.4. The summed E-state index contributed by atoms with van der Waals surface area (Å²) >= 11 is 0.713. The average Bonchev–Trinajstić information content (AvgIpc) is 3.35. The third kappa shape index (κ3) is 7.18. The van der Waals surface area contributed by atoms with Gasteiger partial charge in [-0.15, -0.1) is 10.2 Å². The van der Waals surface area contributed by atoms with E-state index in [4.69, 9.17) is 16.0 Å². The van der Waals surface area contributed by atoms with Crippen LogP contribution in [0.1, 0.15) is 82.2 Å². The molecule has 0 N–H and O–H groups in total. The van der Waals surface area contributed by atoms with Crippen molar-refractivity contribution in [3.8, 4) is 10.7 Å². The van der Waals surface area contributed by atoms with Crippen molar-refractivity contribution in [2.75, 3.05) is 13.3 Å². The molecule has 1 aliphatic carbocycles. The Morgan fingerprint density at radius 3 is 2.38 bits per heavy atom. The number of nitrogens with zero attached hydrogens (tertiary/aromatic N) is 7. The molecule has 0 radical (unpaired) electrons.